The number of aryl methyl sites for hydroxylation is 1. The van der Waals surface area contributed by atoms with E-state index in [1.165, 1.54) is 0 Å². The van der Waals surface area contributed by atoms with Crippen molar-refractivity contribution in [2.45, 2.75) is 13.8 Å². The van der Waals surface area contributed by atoms with Crippen LogP contribution in [0.3, 0.4) is 0 Å². The fourth-order valence-electron chi connectivity index (χ4n) is 3.55. The molecular weight excluding hydrogens is 398 g/mol. The van der Waals surface area contributed by atoms with Crippen LogP contribution in [0.1, 0.15) is 27.3 Å². The quantitative estimate of drug-likeness (QED) is 0.346. The number of nitrogens with zero attached hydrogens (tertiary/aromatic N) is 2. The minimum atomic E-state index is -0.477. The first-order chi connectivity index (χ1) is 14.5. The molecule has 0 saturated heterocycles. The Bertz CT molecular complexity index is 1290. The van der Waals surface area contributed by atoms with Crippen LogP contribution in [0, 0.1) is 13.8 Å². The molecule has 0 bridgehead atoms. The Morgan fingerprint density at radius 1 is 1.03 bits per heavy atom. The number of hydrogen-bond donors (Lipinski definition) is 2. The van der Waals surface area contributed by atoms with E-state index in [4.69, 9.17) is 11.6 Å². The first-order valence-corrected chi connectivity index (χ1v) is 9.82. The molecule has 0 saturated carbocycles. The molecule has 30 heavy (non-hydrogen) atoms. The van der Waals surface area contributed by atoms with Crippen molar-refractivity contribution in [3.63, 3.8) is 0 Å². The van der Waals surface area contributed by atoms with Gasteiger partial charge in [-0.1, -0.05) is 48.0 Å². The lowest BCUT2D eigenvalue weighted by atomic mass is 10.1. The Kier molecular flexibility index (Phi) is 5.29. The van der Waals surface area contributed by atoms with Crippen molar-refractivity contribution >= 4 is 34.5 Å². The van der Waals surface area contributed by atoms with Crippen LogP contribution in [0.15, 0.2) is 71.8 Å². The molecule has 0 fully saturated rings. The number of halogens is 1. The highest BCUT2D eigenvalue weighted by Gasteiger charge is 2.13. The second kappa shape index (κ2) is 8.05. The molecule has 1 aromatic heterocycles. The lowest BCUT2D eigenvalue weighted by molar-refractivity contribution is 0.0952. The normalized spacial score (nSPS) is 11.3. The third kappa shape index (κ3) is 3.67. The number of carbonyl (C=O) groups excluding carboxylic acids is 1. The zero-order valence-corrected chi connectivity index (χ0v) is 17.3. The van der Waals surface area contributed by atoms with Crippen molar-refractivity contribution in [1.82, 2.24) is 9.99 Å². The van der Waals surface area contributed by atoms with Crippen LogP contribution in [0.2, 0.25) is 5.02 Å². The number of aromatic nitrogens is 1. The third-order valence-electron chi connectivity index (χ3n) is 5.04. The number of amides is 1. The molecular formula is C24H20ClN3O2. The number of fused-ring (bicyclic) bond motifs is 1. The molecule has 5 nitrogen and oxygen atoms in total. The maximum atomic E-state index is 12.5. The summed E-state index contributed by atoms with van der Waals surface area (Å²) in [7, 11) is 0. The SMILES string of the molecule is Cc1cc(/C=N/NC(=O)c2cc3ccccc3cc2O)c(C)n1-c1ccccc1Cl. The molecule has 6 heteroatoms. The highest BCUT2D eigenvalue weighted by atomic mass is 35.5. The van der Waals surface area contributed by atoms with E-state index in [2.05, 4.69) is 10.5 Å². The van der Waals surface area contributed by atoms with Crippen molar-refractivity contribution in [3.8, 4) is 11.4 Å². The zero-order valence-electron chi connectivity index (χ0n) is 16.6. The molecule has 150 valence electrons. The van der Waals surface area contributed by atoms with Gasteiger partial charge in [-0.05, 0) is 55.0 Å². The molecule has 4 aromatic rings. The predicted octanol–water partition coefficient (Wildman–Crippen LogP) is 5.37. The van der Waals surface area contributed by atoms with Crippen LogP contribution in [0.25, 0.3) is 16.5 Å². The van der Waals surface area contributed by atoms with Gasteiger partial charge in [0, 0.05) is 17.0 Å². The number of phenolic OH excluding ortho intramolecular Hbond substituents is 1. The highest BCUT2D eigenvalue weighted by Crippen LogP contribution is 2.26. The molecule has 0 radical (unpaired) electrons. The summed E-state index contributed by atoms with van der Waals surface area (Å²) in [6.45, 7) is 3.95. The smallest absolute Gasteiger partial charge is 0.275 e. The Hall–Kier alpha value is -3.57. The van der Waals surface area contributed by atoms with E-state index in [0.29, 0.717) is 5.02 Å². The number of hydrogen-bond acceptors (Lipinski definition) is 3. The molecule has 3 aromatic carbocycles. The van der Waals surface area contributed by atoms with Gasteiger partial charge in [0.1, 0.15) is 5.75 Å². The number of rotatable bonds is 4. The molecule has 0 aliphatic carbocycles. The monoisotopic (exact) mass is 417 g/mol. The summed E-state index contributed by atoms with van der Waals surface area (Å²) in [5, 5.41) is 16.7. The van der Waals surface area contributed by atoms with Crippen molar-refractivity contribution in [2.75, 3.05) is 0 Å². The van der Waals surface area contributed by atoms with E-state index in [9.17, 15) is 9.90 Å². The van der Waals surface area contributed by atoms with E-state index in [0.717, 1.165) is 33.4 Å². The minimum Gasteiger partial charge on any atom is -0.507 e. The summed E-state index contributed by atoms with van der Waals surface area (Å²) in [6, 6.07) is 20.4. The largest absolute Gasteiger partial charge is 0.507 e. The first kappa shape index (κ1) is 19.7. The maximum absolute atomic E-state index is 12.5. The fourth-order valence-corrected chi connectivity index (χ4v) is 3.77. The molecule has 0 atom stereocenters. The number of aromatic hydroxyl groups is 1. The molecule has 0 spiro atoms. The third-order valence-corrected chi connectivity index (χ3v) is 5.36. The average Bonchev–Trinajstić information content (AvgIpc) is 3.01. The molecule has 1 amide bonds. The van der Waals surface area contributed by atoms with E-state index in [1.807, 2.05) is 73.0 Å². The Balaban J connectivity index is 1.57. The fraction of sp³-hybridized carbons (Fsp3) is 0.0833. The van der Waals surface area contributed by atoms with Gasteiger partial charge in [0.15, 0.2) is 0 Å². The summed E-state index contributed by atoms with van der Waals surface area (Å²) >= 11 is 6.35. The van der Waals surface area contributed by atoms with E-state index in [-0.39, 0.29) is 11.3 Å². The lowest BCUT2D eigenvalue weighted by Crippen LogP contribution is -2.17. The van der Waals surface area contributed by atoms with E-state index in [1.54, 1.807) is 18.3 Å². The molecule has 0 aliphatic rings. The summed E-state index contributed by atoms with van der Waals surface area (Å²) in [4.78, 5) is 12.5. The molecule has 0 aliphatic heterocycles. The lowest BCUT2D eigenvalue weighted by Gasteiger charge is -2.11. The molecule has 0 unspecified atom stereocenters. The standard InChI is InChI=1S/C24H20ClN3O2/c1-15-11-19(16(2)28(15)22-10-6-5-9-21(22)25)14-26-27-24(30)20-12-17-7-3-4-8-18(17)13-23(20)29/h3-14,29H,1-2H3,(H,27,30)/b26-14+. The van der Waals surface area contributed by atoms with Gasteiger partial charge in [-0.25, -0.2) is 5.43 Å². The highest BCUT2D eigenvalue weighted by molar-refractivity contribution is 6.32. The van der Waals surface area contributed by atoms with Gasteiger partial charge in [0.05, 0.1) is 22.5 Å². The predicted molar refractivity (Wildman–Crippen MR) is 121 cm³/mol. The average molecular weight is 418 g/mol. The molecule has 1 heterocycles. The number of phenols is 1. The second-order valence-electron chi connectivity index (χ2n) is 7.03. The Labute approximate surface area is 179 Å². The summed E-state index contributed by atoms with van der Waals surface area (Å²) in [5.74, 6) is -0.562. The van der Waals surface area contributed by atoms with Gasteiger partial charge < -0.3 is 9.67 Å². The summed E-state index contributed by atoms with van der Waals surface area (Å²) < 4.78 is 2.04. The van der Waals surface area contributed by atoms with Gasteiger partial charge in [0.25, 0.3) is 5.91 Å². The van der Waals surface area contributed by atoms with Crippen LogP contribution in [-0.2, 0) is 0 Å². The van der Waals surface area contributed by atoms with E-state index < -0.39 is 5.91 Å². The first-order valence-electron chi connectivity index (χ1n) is 9.44. The summed E-state index contributed by atoms with van der Waals surface area (Å²) in [5.41, 5.74) is 6.37. The van der Waals surface area contributed by atoms with Crippen LogP contribution >= 0.6 is 11.6 Å². The topological polar surface area (TPSA) is 66.6 Å². The molecule has 2 N–H and O–H groups in total. The Morgan fingerprint density at radius 2 is 1.70 bits per heavy atom. The number of benzene rings is 3. The van der Waals surface area contributed by atoms with Crippen molar-refractivity contribution in [2.24, 2.45) is 5.10 Å². The van der Waals surface area contributed by atoms with Gasteiger partial charge >= 0.3 is 0 Å². The van der Waals surface area contributed by atoms with Crippen molar-refractivity contribution in [3.05, 3.63) is 94.3 Å². The number of nitrogens with one attached hydrogen (secondary N) is 1. The van der Waals surface area contributed by atoms with Crippen molar-refractivity contribution < 1.29 is 9.90 Å². The van der Waals surface area contributed by atoms with Crippen LogP contribution in [-0.4, -0.2) is 21.8 Å². The maximum Gasteiger partial charge on any atom is 0.275 e. The van der Waals surface area contributed by atoms with Gasteiger partial charge in [0.2, 0.25) is 0 Å². The minimum absolute atomic E-state index is 0.0849. The molecule has 4 rings (SSSR count). The number of para-hydroxylation sites is 1. The van der Waals surface area contributed by atoms with Crippen LogP contribution in [0.5, 0.6) is 5.75 Å². The van der Waals surface area contributed by atoms with Crippen LogP contribution < -0.4 is 5.43 Å². The number of hydrazone groups is 1. The van der Waals surface area contributed by atoms with Crippen molar-refractivity contribution in [1.29, 1.82) is 0 Å². The van der Waals surface area contributed by atoms with Gasteiger partial charge in [-0.3, -0.25) is 4.79 Å². The second-order valence-corrected chi connectivity index (χ2v) is 7.44. The van der Waals surface area contributed by atoms with E-state index >= 15 is 0 Å². The summed E-state index contributed by atoms with van der Waals surface area (Å²) in [6.07, 6.45) is 1.59. The van der Waals surface area contributed by atoms with Crippen LogP contribution in [0.4, 0.5) is 0 Å². The Morgan fingerprint density at radius 3 is 2.43 bits per heavy atom. The number of carbonyl (C=O) groups is 1. The van der Waals surface area contributed by atoms with Gasteiger partial charge in [-0.2, -0.15) is 5.10 Å². The zero-order chi connectivity index (χ0) is 21.3. The van der Waals surface area contributed by atoms with Gasteiger partial charge in [-0.15, -0.1) is 0 Å².